The second-order valence-electron chi connectivity index (χ2n) is 3.19. The summed E-state index contributed by atoms with van der Waals surface area (Å²) in [6.07, 6.45) is 1.76. The third kappa shape index (κ3) is 2.60. The zero-order valence-electron chi connectivity index (χ0n) is 8.84. The molecular formula is C12H17NO. The molecule has 1 rings (SSSR count). The highest BCUT2D eigenvalue weighted by Crippen LogP contribution is 2.23. The fourth-order valence-electron chi connectivity index (χ4n) is 1.39. The van der Waals surface area contributed by atoms with Gasteiger partial charge >= 0.3 is 0 Å². The average molecular weight is 191 g/mol. The lowest BCUT2D eigenvalue weighted by Gasteiger charge is -2.12. The van der Waals surface area contributed by atoms with Crippen LogP contribution in [0.2, 0.25) is 0 Å². The van der Waals surface area contributed by atoms with Crippen LogP contribution in [0.15, 0.2) is 30.9 Å². The van der Waals surface area contributed by atoms with Crippen molar-refractivity contribution in [1.29, 1.82) is 0 Å². The van der Waals surface area contributed by atoms with E-state index in [9.17, 15) is 0 Å². The quantitative estimate of drug-likeness (QED) is 0.721. The lowest BCUT2D eigenvalue weighted by molar-refractivity contribution is 0.355. The molecule has 0 saturated carbocycles. The molecule has 76 valence electrons. The molecule has 0 atom stereocenters. The second kappa shape index (κ2) is 5.45. The Bertz CT molecular complexity index is 307. The topological polar surface area (TPSA) is 21.3 Å². The van der Waals surface area contributed by atoms with E-state index in [0.717, 1.165) is 12.3 Å². The van der Waals surface area contributed by atoms with Crippen molar-refractivity contribution in [2.24, 2.45) is 0 Å². The van der Waals surface area contributed by atoms with Crippen LogP contribution in [0.4, 0.5) is 0 Å². The molecule has 0 radical (unpaired) electrons. The highest BCUT2D eigenvalue weighted by Gasteiger charge is 2.04. The van der Waals surface area contributed by atoms with Crippen molar-refractivity contribution in [1.82, 2.24) is 5.32 Å². The van der Waals surface area contributed by atoms with Crippen LogP contribution in [0, 0.1) is 6.92 Å². The number of aryl methyl sites for hydroxylation is 1. The Morgan fingerprint density at radius 1 is 1.50 bits per heavy atom. The Hall–Kier alpha value is -1.28. The largest absolute Gasteiger partial charge is 0.489 e. The lowest BCUT2D eigenvalue weighted by atomic mass is 10.1. The molecule has 0 unspecified atom stereocenters. The summed E-state index contributed by atoms with van der Waals surface area (Å²) in [4.78, 5) is 0. The van der Waals surface area contributed by atoms with Gasteiger partial charge in [-0.05, 0) is 19.5 Å². The van der Waals surface area contributed by atoms with Crippen molar-refractivity contribution in [3.8, 4) is 5.75 Å². The lowest BCUT2D eigenvalue weighted by Crippen LogP contribution is -2.08. The number of hydrogen-bond donors (Lipinski definition) is 1. The van der Waals surface area contributed by atoms with Crippen LogP contribution in [-0.4, -0.2) is 13.7 Å². The molecule has 1 aromatic rings. The highest BCUT2D eigenvalue weighted by molar-refractivity contribution is 5.40. The summed E-state index contributed by atoms with van der Waals surface area (Å²) >= 11 is 0. The fraction of sp³-hybridized carbons (Fsp3) is 0.333. The van der Waals surface area contributed by atoms with Gasteiger partial charge in [-0.25, -0.2) is 0 Å². The normalized spacial score (nSPS) is 9.86. The van der Waals surface area contributed by atoms with Crippen molar-refractivity contribution < 1.29 is 4.74 Å². The van der Waals surface area contributed by atoms with Crippen molar-refractivity contribution in [3.05, 3.63) is 42.0 Å². The van der Waals surface area contributed by atoms with Crippen LogP contribution in [0.25, 0.3) is 0 Å². The first-order valence-electron chi connectivity index (χ1n) is 4.76. The summed E-state index contributed by atoms with van der Waals surface area (Å²) in [5.41, 5.74) is 2.36. The summed E-state index contributed by atoms with van der Waals surface area (Å²) in [5, 5.41) is 3.12. The average Bonchev–Trinajstić information content (AvgIpc) is 2.18. The number of rotatable bonds is 5. The third-order valence-corrected chi connectivity index (χ3v) is 2.01. The molecule has 0 amide bonds. The monoisotopic (exact) mass is 191 g/mol. The van der Waals surface area contributed by atoms with E-state index in [2.05, 4.69) is 31.0 Å². The second-order valence-corrected chi connectivity index (χ2v) is 3.19. The van der Waals surface area contributed by atoms with Gasteiger partial charge in [-0.1, -0.05) is 30.9 Å². The third-order valence-electron chi connectivity index (χ3n) is 2.01. The molecule has 0 heterocycles. The maximum atomic E-state index is 5.61. The summed E-state index contributed by atoms with van der Waals surface area (Å²) in [7, 11) is 1.93. The highest BCUT2D eigenvalue weighted by atomic mass is 16.5. The summed E-state index contributed by atoms with van der Waals surface area (Å²) in [6.45, 7) is 7.08. The van der Waals surface area contributed by atoms with E-state index in [-0.39, 0.29) is 0 Å². The van der Waals surface area contributed by atoms with Crippen molar-refractivity contribution in [2.75, 3.05) is 13.7 Å². The molecule has 2 heteroatoms. The predicted molar refractivity (Wildman–Crippen MR) is 59.6 cm³/mol. The Morgan fingerprint density at radius 2 is 2.29 bits per heavy atom. The van der Waals surface area contributed by atoms with Crippen LogP contribution in [0.5, 0.6) is 5.75 Å². The van der Waals surface area contributed by atoms with Gasteiger partial charge in [0.1, 0.15) is 12.4 Å². The van der Waals surface area contributed by atoms with Gasteiger partial charge in [-0.15, -0.1) is 0 Å². The number of ether oxygens (including phenoxy) is 1. The first kappa shape index (κ1) is 10.8. The summed E-state index contributed by atoms with van der Waals surface area (Å²) < 4.78 is 5.61. The number of hydrogen-bond acceptors (Lipinski definition) is 2. The molecular weight excluding hydrogens is 174 g/mol. The molecule has 0 spiro atoms. The van der Waals surface area contributed by atoms with Gasteiger partial charge < -0.3 is 10.1 Å². The van der Waals surface area contributed by atoms with Crippen molar-refractivity contribution >= 4 is 0 Å². The number of para-hydroxylation sites is 1. The van der Waals surface area contributed by atoms with E-state index >= 15 is 0 Å². The zero-order valence-corrected chi connectivity index (χ0v) is 8.84. The Balaban J connectivity index is 2.89. The molecule has 14 heavy (non-hydrogen) atoms. The molecule has 0 aliphatic rings. The van der Waals surface area contributed by atoms with E-state index in [1.165, 1.54) is 11.1 Å². The van der Waals surface area contributed by atoms with Gasteiger partial charge in [-0.3, -0.25) is 0 Å². The molecule has 2 nitrogen and oxygen atoms in total. The van der Waals surface area contributed by atoms with E-state index in [1.54, 1.807) is 6.08 Å². The van der Waals surface area contributed by atoms with Crippen LogP contribution >= 0.6 is 0 Å². The van der Waals surface area contributed by atoms with Crippen LogP contribution < -0.4 is 10.1 Å². The summed E-state index contributed by atoms with van der Waals surface area (Å²) in [5.74, 6) is 0.974. The minimum Gasteiger partial charge on any atom is -0.489 e. The number of benzene rings is 1. The molecule has 0 aliphatic carbocycles. The van der Waals surface area contributed by atoms with Crippen molar-refractivity contribution in [2.45, 2.75) is 13.5 Å². The Labute approximate surface area is 85.6 Å². The van der Waals surface area contributed by atoms with Gasteiger partial charge in [0.05, 0.1) is 0 Å². The van der Waals surface area contributed by atoms with Crippen LogP contribution in [0.1, 0.15) is 11.1 Å². The molecule has 0 aliphatic heterocycles. The molecule has 0 fully saturated rings. The fourth-order valence-corrected chi connectivity index (χ4v) is 1.39. The molecule has 1 N–H and O–H groups in total. The molecule has 1 aromatic carbocycles. The Morgan fingerprint density at radius 3 is 2.93 bits per heavy atom. The van der Waals surface area contributed by atoms with E-state index in [1.807, 2.05) is 13.1 Å². The van der Waals surface area contributed by atoms with Gasteiger partial charge in [0.2, 0.25) is 0 Å². The minimum absolute atomic E-state index is 0.557. The maximum absolute atomic E-state index is 5.61. The van der Waals surface area contributed by atoms with Gasteiger partial charge in [0, 0.05) is 12.1 Å². The number of nitrogens with one attached hydrogen (secondary N) is 1. The van der Waals surface area contributed by atoms with E-state index in [0.29, 0.717) is 6.61 Å². The van der Waals surface area contributed by atoms with E-state index < -0.39 is 0 Å². The van der Waals surface area contributed by atoms with Gasteiger partial charge in [0.15, 0.2) is 0 Å². The molecule has 0 saturated heterocycles. The van der Waals surface area contributed by atoms with Crippen molar-refractivity contribution in [3.63, 3.8) is 0 Å². The van der Waals surface area contributed by atoms with E-state index in [4.69, 9.17) is 4.74 Å². The van der Waals surface area contributed by atoms with Crippen LogP contribution in [0.3, 0.4) is 0 Å². The minimum atomic E-state index is 0.557. The smallest absolute Gasteiger partial charge is 0.127 e. The molecule has 0 aromatic heterocycles. The first-order valence-corrected chi connectivity index (χ1v) is 4.76. The molecule has 0 bridgehead atoms. The van der Waals surface area contributed by atoms with Gasteiger partial charge in [-0.2, -0.15) is 0 Å². The maximum Gasteiger partial charge on any atom is 0.127 e. The van der Waals surface area contributed by atoms with Gasteiger partial charge in [0.25, 0.3) is 0 Å². The van der Waals surface area contributed by atoms with Crippen LogP contribution in [-0.2, 0) is 6.54 Å². The summed E-state index contributed by atoms with van der Waals surface area (Å²) in [6, 6.07) is 6.17. The predicted octanol–water partition coefficient (Wildman–Crippen LogP) is 2.28. The zero-order chi connectivity index (χ0) is 10.4. The SMILES string of the molecule is C=CCOc1c(C)cccc1CNC. The Kier molecular flexibility index (Phi) is 4.20. The first-order chi connectivity index (χ1) is 6.79. The standard InChI is InChI=1S/C12H17NO/c1-4-8-14-12-10(2)6-5-7-11(12)9-13-3/h4-7,13H,1,8-9H2,2-3H3.